The van der Waals surface area contributed by atoms with Crippen molar-refractivity contribution in [1.29, 1.82) is 0 Å². The lowest BCUT2D eigenvalue weighted by Crippen LogP contribution is -1.80. The van der Waals surface area contributed by atoms with Gasteiger partial charge in [-0.15, -0.1) is 0 Å². The molecule has 0 aromatic carbocycles. The van der Waals surface area contributed by atoms with Gasteiger partial charge in [0.05, 0.1) is 0 Å². The van der Waals surface area contributed by atoms with Gasteiger partial charge in [0.15, 0.2) is 0 Å². The van der Waals surface area contributed by atoms with Crippen LogP contribution >= 0.6 is 0 Å². The lowest BCUT2D eigenvalue weighted by atomic mass is 10.1. The predicted molar refractivity (Wildman–Crippen MR) is 79.9 cm³/mol. The Balaban J connectivity index is 2.97. The van der Waals surface area contributed by atoms with Gasteiger partial charge in [-0.3, -0.25) is 0 Å². The van der Waals surface area contributed by atoms with Gasteiger partial charge in [0.2, 0.25) is 0 Å². The SMILES string of the molecule is [CH2]CCCC/C=C/CCCCCCCCC[CH2]. The summed E-state index contributed by atoms with van der Waals surface area (Å²) in [7, 11) is 0. The third-order valence-electron chi connectivity index (χ3n) is 3.16. The van der Waals surface area contributed by atoms with Crippen LogP contribution in [-0.2, 0) is 0 Å². The maximum absolute atomic E-state index is 3.87. The number of allylic oxidation sites excluding steroid dienone is 2. The first-order chi connectivity index (χ1) is 8.41. The molecule has 0 nitrogen and oxygen atoms in total. The molecule has 0 aliphatic rings. The van der Waals surface area contributed by atoms with Gasteiger partial charge in [0.25, 0.3) is 0 Å². The van der Waals surface area contributed by atoms with Gasteiger partial charge in [-0.2, -0.15) is 0 Å². The fraction of sp³-hybridized carbons (Fsp3) is 0.765. The first-order valence-corrected chi connectivity index (χ1v) is 7.65. The highest BCUT2D eigenvalue weighted by atomic mass is 14.0. The Hall–Kier alpha value is -0.260. The zero-order chi connectivity index (χ0) is 12.6. The molecule has 0 saturated carbocycles. The molecule has 0 aliphatic heterocycles. The molecule has 0 spiro atoms. The summed E-state index contributed by atoms with van der Waals surface area (Å²) in [6.45, 7) is 7.72. The van der Waals surface area contributed by atoms with Gasteiger partial charge in [-0.1, -0.05) is 83.8 Å². The van der Waals surface area contributed by atoms with E-state index in [0.717, 1.165) is 12.8 Å². The molecule has 0 aromatic heterocycles. The van der Waals surface area contributed by atoms with Crippen LogP contribution in [0, 0.1) is 13.8 Å². The lowest BCUT2D eigenvalue weighted by molar-refractivity contribution is 0.583. The fourth-order valence-corrected chi connectivity index (χ4v) is 2.00. The molecule has 0 aromatic rings. The molecule has 0 heterocycles. The average Bonchev–Trinajstić information content (AvgIpc) is 2.35. The molecule has 0 fully saturated rings. The molecule has 0 N–H and O–H groups in total. The van der Waals surface area contributed by atoms with Crippen molar-refractivity contribution in [3.63, 3.8) is 0 Å². The summed E-state index contributed by atoms with van der Waals surface area (Å²) < 4.78 is 0. The van der Waals surface area contributed by atoms with Crippen molar-refractivity contribution in [2.45, 2.75) is 83.5 Å². The van der Waals surface area contributed by atoms with E-state index in [-0.39, 0.29) is 0 Å². The predicted octanol–water partition coefficient (Wildman–Crippen LogP) is 6.28. The lowest BCUT2D eigenvalue weighted by Gasteiger charge is -1.99. The highest BCUT2D eigenvalue weighted by Gasteiger charge is 1.90. The van der Waals surface area contributed by atoms with Crippen LogP contribution in [0.5, 0.6) is 0 Å². The normalized spacial score (nSPS) is 11.4. The Morgan fingerprint density at radius 2 is 0.824 bits per heavy atom. The molecule has 100 valence electrons. The Bertz CT molecular complexity index is 146. The fourth-order valence-electron chi connectivity index (χ4n) is 2.00. The van der Waals surface area contributed by atoms with E-state index in [1.54, 1.807) is 0 Å². The van der Waals surface area contributed by atoms with Crippen molar-refractivity contribution in [2.75, 3.05) is 0 Å². The summed E-state index contributed by atoms with van der Waals surface area (Å²) in [5.41, 5.74) is 0. The topological polar surface area (TPSA) is 0 Å². The maximum Gasteiger partial charge on any atom is -0.0351 e. The van der Waals surface area contributed by atoms with Gasteiger partial charge in [-0.25, -0.2) is 0 Å². The second-order valence-corrected chi connectivity index (χ2v) is 4.94. The van der Waals surface area contributed by atoms with E-state index in [0.29, 0.717) is 0 Å². The van der Waals surface area contributed by atoms with E-state index in [4.69, 9.17) is 0 Å². The van der Waals surface area contributed by atoms with Crippen LogP contribution < -0.4 is 0 Å². The zero-order valence-corrected chi connectivity index (χ0v) is 11.8. The minimum Gasteiger partial charge on any atom is -0.0885 e. The van der Waals surface area contributed by atoms with Crippen molar-refractivity contribution >= 4 is 0 Å². The van der Waals surface area contributed by atoms with Crippen molar-refractivity contribution in [3.05, 3.63) is 26.0 Å². The van der Waals surface area contributed by atoms with E-state index in [1.807, 2.05) is 0 Å². The van der Waals surface area contributed by atoms with Crippen molar-refractivity contribution < 1.29 is 0 Å². The monoisotopic (exact) mass is 236 g/mol. The molecule has 0 atom stereocenters. The summed E-state index contributed by atoms with van der Waals surface area (Å²) in [6, 6.07) is 0. The average molecular weight is 236 g/mol. The minimum atomic E-state index is 1.09. The highest BCUT2D eigenvalue weighted by Crippen LogP contribution is 2.10. The van der Waals surface area contributed by atoms with E-state index < -0.39 is 0 Å². The van der Waals surface area contributed by atoms with E-state index in [2.05, 4.69) is 26.0 Å². The summed E-state index contributed by atoms with van der Waals surface area (Å²) in [5.74, 6) is 0. The van der Waals surface area contributed by atoms with Gasteiger partial charge in [-0.05, 0) is 25.7 Å². The molecule has 2 radical (unpaired) electrons. The van der Waals surface area contributed by atoms with E-state index in [1.165, 1.54) is 70.6 Å². The standard InChI is InChI=1S/C17H32/c1-3-5-7-9-11-13-15-17-16-14-12-10-8-6-4-2/h11,13H,1-10,12,14-17H2/b13-11+. The molecular formula is C17H32. The molecule has 0 rings (SSSR count). The molecule has 0 heteroatoms. The third kappa shape index (κ3) is 15.7. The first kappa shape index (κ1) is 16.7. The van der Waals surface area contributed by atoms with Crippen LogP contribution in [0.3, 0.4) is 0 Å². The van der Waals surface area contributed by atoms with Crippen LogP contribution in [0.15, 0.2) is 12.2 Å². The second-order valence-electron chi connectivity index (χ2n) is 4.94. The molecule has 17 heavy (non-hydrogen) atoms. The van der Waals surface area contributed by atoms with Crippen LogP contribution in [0.4, 0.5) is 0 Å². The Morgan fingerprint density at radius 1 is 0.471 bits per heavy atom. The first-order valence-electron chi connectivity index (χ1n) is 7.65. The van der Waals surface area contributed by atoms with E-state index >= 15 is 0 Å². The third-order valence-corrected chi connectivity index (χ3v) is 3.16. The smallest absolute Gasteiger partial charge is 0.0351 e. The quantitative estimate of drug-likeness (QED) is 0.261. The molecular weight excluding hydrogens is 204 g/mol. The Morgan fingerprint density at radius 3 is 1.35 bits per heavy atom. The number of unbranched alkanes of at least 4 members (excludes halogenated alkanes) is 11. The Labute approximate surface area is 110 Å². The van der Waals surface area contributed by atoms with Crippen molar-refractivity contribution in [1.82, 2.24) is 0 Å². The largest absolute Gasteiger partial charge is 0.0885 e. The second kappa shape index (κ2) is 15.7. The number of hydrogen-bond acceptors (Lipinski definition) is 0. The maximum atomic E-state index is 3.87. The van der Waals surface area contributed by atoms with Gasteiger partial charge in [0.1, 0.15) is 0 Å². The highest BCUT2D eigenvalue weighted by molar-refractivity contribution is 4.81. The van der Waals surface area contributed by atoms with Crippen LogP contribution in [0.2, 0.25) is 0 Å². The molecule has 0 aliphatic carbocycles. The van der Waals surface area contributed by atoms with E-state index in [9.17, 15) is 0 Å². The molecule has 0 saturated heterocycles. The van der Waals surface area contributed by atoms with Crippen LogP contribution in [0.25, 0.3) is 0 Å². The van der Waals surface area contributed by atoms with Crippen molar-refractivity contribution in [2.24, 2.45) is 0 Å². The minimum absolute atomic E-state index is 1.09. The zero-order valence-electron chi connectivity index (χ0n) is 11.8. The Kier molecular flexibility index (Phi) is 15.5. The van der Waals surface area contributed by atoms with Gasteiger partial charge < -0.3 is 0 Å². The molecule has 0 bridgehead atoms. The molecule has 0 amide bonds. The summed E-state index contributed by atoms with van der Waals surface area (Å²) >= 11 is 0. The summed E-state index contributed by atoms with van der Waals surface area (Å²) in [5, 5.41) is 0. The van der Waals surface area contributed by atoms with Gasteiger partial charge in [0, 0.05) is 0 Å². The summed E-state index contributed by atoms with van der Waals surface area (Å²) in [4.78, 5) is 0. The van der Waals surface area contributed by atoms with Gasteiger partial charge >= 0.3 is 0 Å². The number of rotatable bonds is 13. The summed E-state index contributed by atoms with van der Waals surface area (Å²) in [6.07, 6.45) is 21.8. The van der Waals surface area contributed by atoms with Crippen LogP contribution in [-0.4, -0.2) is 0 Å². The number of hydrogen-bond donors (Lipinski definition) is 0. The van der Waals surface area contributed by atoms with Crippen molar-refractivity contribution in [3.8, 4) is 0 Å². The molecule has 0 unspecified atom stereocenters. The van der Waals surface area contributed by atoms with Crippen LogP contribution in [0.1, 0.15) is 83.5 Å².